The van der Waals surface area contributed by atoms with Crippen LogP contribution in [0.5, 0.6) is 0 Å². The Labute approximate surface area is 143 Å². The monoisotopic (exact) mass is 393 g/mol. The second-order valence-electron chi connectivity index (χ2n) is 5.34. The van der Waals surface area contributed by atoms with Crippen LogP contribution >= 0.6 is 27.3 Å². The first-order valence-electron chi connectivity index (χ1n) is 7.07. The van der Waals surface area contributed by atoms with Crippen molar-refractivity contribution in [2.45, 2.75) is 25.0 Å². The summed E-state index contributed by atoms with van der Waals surface area (Å²) in [5, 5.41) is 7.19. The summed E-state index contributed by atoms with van der Waals surface area (Å²) in [4.78, 5) is 15.6. The van der Waals surface area contributed by atoms with Gasteiger partial charge in [-0.05, 0) is 47.0 Å². The highest BCUT2D eigenvalue weighted by molar-refractivity contribution is 9.10. The van der Waals surface area contributed by atoms with Crippen LogP contribution in [0.4, 0.5) is 0 Å². The molecule has 2 N–H and O–H groups in total. The van der Waals surface area contributed by atoms with E-state index in [1.807, 2.05) is 23.6 Å². The minimum absolute atomic E-state index is 0.370. The fourth-order valence-corrected chi connectivity index (χ4v) is 4.19. The number of nitrogens with two attached hydrogens (primary N) is 1. The van der Waals surface area contributed by atoms with Gasteiger partial charge in [0, 0.05) is 25.5 Å². The molecule has 0 bridgehead atoms. The van der Waals surface area contributed by atoms with E-state index in [1.165, 1.54) is 4.70 Å². The van der Waals surface area contributed by atoms with Gasteiger partial charge < -0.3 is 15.0 Å². The molecule has 0 spiro atoms. The van der Waals surface area contributed by atoms with Crippen molar-refractivity contribution in [1.29, 1.82) is 0 Å². The van der Waals surface area contributed by atoms with Crippen LogP contribution in [0.25, 0.3) is 21.5 Å². The predicted octanol–water partition coefficient (Wildman–Crippen LogP) is 3.42. The van der Waals surface area contributed by atoms with Crippen molar-refractivity contribution < 1.29 is 14.1 Å². The first-order chi connectivity index (χ1) is 11.1. The highest BCUT2D eigenvalue weighted by Crippen LogP contribution is 2.35. The minimum atomic E-state index is -0.575. The summed E-state index contributed by atoms with van der Waals surface area (Å²) in [6.45, 7) is 0. The summed E-state index contributed by atoms with van der Waals surface area (Å²) in [5.74, 6) is 0.430. The third-order valence-corrected chi connectivity index (χ3v) is 5.76. The zero-order valence-electron chi connectivity index (χ0n) is 11.9. The van der Waals surface area contributed by atoms with Gasteiger partial charge in [0.05, 0.1) is 0 Å². The van der Waals surface area contributed by atoms with Gasteiger partial charge in [-0.15, -0.1) is 11.3 Å². The van der Waals surface area contributed by atoms with E-state index in [4.69, 9.17) is 15.0 Å². The second-order valence-corrected chi connectivity index (χ2v) is 7.11. The lowest BCUT2D eigenvalue weighted by Gasteiger charge is -2.06. The zero-order chi connectivity index (χ0) is 16.0. The standard InChI is InChI=1S/C15H12BrN3O3S/c16-9-6-23-12-4-1-7(5-8(9)12)14-18-15(22-19-14)11-3-2-10(21-11)13(17)20/h1,4-6,10-11H,2-3H2,(H2,17,20)/t10-,11+/m0/s1. The largest absolute Gasteiger partial charge is 0.367 e. The van der Waals surface area contributed by atoms with E-state index >= 15 is 0 Å². The van der Waals surface area contributed by atoms with E-state index < -0.39 is 12.0 Å². The van der Waals surface area contributed by atoms with Crippen molar-refractivity contribution in [2.24, 2.45) is 5.73 Å². The van der Waals surface area contributed by atoms with Gasteiger partial charge >= 0.3 is 0 Å². The quantitative estimate of drug-likeness (QED) is 0.735. The summed E-state index contributed by atoms with van der Waals surface area (Å²) in [6, 6.07) is 6.01. The van der Waals surface area contributed by atoms with E-state index in [0.29, 0.717) is 24.6 Å². The number of carbonyl (C=O) groups is 1. The first kappa shape index (κ1) is 14.8. The molecule has 118 valence electrons. The molecule has 6 nitrogen and oxygen atoms in total. The van der Waals surface area contributed by atoms with Crippen LogP contribution < -0.4 is 5.73 Å². The number of nitrogens with zero attached hydrogens (tertiary/aromatic N) is 2. The van der Waals surface area contributed by atoms with Crippen molar-refractivity contribution >= 4 is 43.3 Å². The van der Waals surface area contributed by atoms with Crippen molar-refractivity contribution in [2.75, 3.05) is 0 Å². The maximum Gasteiger partial charge on any atom is 0.256 e. The third kappa shape index (κ3) is 2.66. The van der Waals surface area contributed by atoms with Gasteiger partial charge in [-0.2, -0.15) is 4.98 Å². The Morgan fingerprint density at radius 3 is 3.04 bits per heavy atom. The van der Waals surface area contributed by atoms with Crippen molar-refractivity contribution in [3.63, 3.8) is 0 Å². The number of carbonyl (C=O) groups excluding carboxylic acids is 1. The topological polar surface area (TPSA) is 91.2 Å². The smallest absolute Gasteiger partial charge is 0.256 e. The van der Waals surface area contributed by atoms with E-state index in [2.05, 4.69) is 26.1 Å². The molecule has 0 radical (unpaired) electrons. The number of thiophene rings is 1. The molecule has 0 unspecified atom stereocenters. The van der Waals surface area contributed by atoms with Gasteiger partial charge in [0.25, 0.3) is 5.89 Å². The van der Waals surface area contributed by atoms with Gasteiger partial charge in [-0.3, -0.25) is 4.79 Å². The summed E-state index contributed by atoms with van der Waals surface area (Å²) >= 11 is 5.21. The molecule has 2 atom stereocenters. The van der Waals surface area contributed by atoms with Gasteiger partial charge in [0.2, 0.25) is 11.7 Å². The molecule has 4 rings (SSSR count). The maximum absolute atomic E-state index is 11.2. The third-order valence-electron chi connectivity index (χ3n) is 3.84. The average Bonchev–Trinajstić information content (AvgIpc) is 3.26. The van der Waals surface area contributed by atoms with Crippen LogP contribution in [0.3, 0.4) is 0 Å². The number of ether oxygens (including phenoxy) is 1. The molecule has 1 aliphatic rings. The molecule has 8 heteroatoms. The molecule has 3 heterocycles. The molecule has 1 aliphatic heterocycles. The molecule has 3 aromatic rings. The Hall–Kier alpha value is -1.77. The van der Waals surface area contributed by atoms with E-state index in [1.54, 1.807) is 11.3 Å². The average molecular weight is 394 g/mol. The fraction of sp³-hybridized carbons (Fsp3) is 0.267. The lowest BCUT2D eigenvalue weighted by molar-refractivity contribution is -0.129. The molecule has 1 saturated heterocycles. The molecule has 1 aromatic carbocycles. The Balaban J connectivity index is 1.62. The number of rotatable bonds is 3. The van der Waals surface area contributed by atoms with Crippen LogP contribution in [-0.2, 0) is 9.53 Å². The van der Waals surface area contributed by atoms with Crippen LogP contribution in [0.2, 0.25) is 0 Å². The van der Waals surface area contributed by atoms with Crippen LogP contribution in [0.1, 0.15) is 24.8 Å². The molecule has 2 aromatic heterocycles. The Bertz CT molecular complexity index is 891. The number of halogens is 1. The zero-order valence-corrected chi connectivity index (χ0v) is 14.3. The Morgan fingerprint density at radius 2 is 2.26 bits per heavy atom. The summed E-state index contributed by atoms with van der Waals surface area (Å²) in [6.07, 6.45) is 0.273. The Morgan fingerprint density at radius 1 is 1.39 bits per heavy atom. The normalized spacial score (nSPS) is 21.1. The van der Waals surface area contributed by atoms with Crippen LogP contribution in [0.15, 0.2) is 32.6 Å². The number of hydrogen-bond donors (Lipinski definition) is 1. The summed E-state index contributed by atoms with van der Waals surface area (Å²) in [5.41, 5.74) is 6.13. The van der Waals surface area contributed by atoms with Gasteiger partial charge in [-0.25, -0.2) is 0 Å². The van der Waals surface area contributed by atoms with E-state index in [-0.39, 0.29) is 6.10 Å². The SMILES string of the molecule is NC(=O)[C@@H]1CC[C@H](c2nc(-c3ccc4scc(Br)c4c3)no2)O1. The predicted molar refractivity (Wildman–Crippen MR) is 88.9 cm³/mol. The molecule has 23 heavy (non-hydrogen) atoms. The Kier molecular flexibility index (Phi) is 3.67. The minimum Gasteiger partial charge on any atom is -0.367 e. The van der Waals surface area contributed by atoms with Crippen molar-refractivity contribution in [1.82, 2.24) is 10.1 Å². The van der Waals surface area contributed by atoms with Gasteiger partial charge in [0.15, 0.2) is 0 Å². The van der Waals surface area contributed by atoms with Crippen molar-refractivity contribution in [3.8, 4) is 11.4 Å². The molecular formula is C15H12BrN3O3S. The molecular weight excluding hydrogens is 382 g/mol. The molecule has 0 saturated carbocycles. The molecule has 1 fully saturated rings. The van der Waals surface area contributed by atoms with E-state index in [9.17, 15) is 4.79 Å². The summed E-state index contributed by atoms with van der Waals surface area (Å²) in [7, 11) is 0. The first-order valence-corrected chi connectivity index (χ1v) is 8.74. The van der Waals surface area contributed by atoms with Gasteiger partial charge in [0.1, 0.15) is 12.2 Å². The second kappa shape index (κ2) is 5.70. The van der Waals surface area contributed by atoms with Gasteiger partial charge in [-0.1, -0.05) is 5.16 Å². The number of benzene rings is 1. The van der Waals surface area contributed by atoms with E-state index in [0.717, 1.165) is 15.4 Å². The molecule has 1 amide bonds. The number of hydrogen-bond acceptors (Lipinski definition) is 6. The lowest BCUT2D eigenvalue weighted by Crippen LogP contribution is -2.27. The fourth-order valence-electron chi connectivity index (χ4n) is 2.65. The highest BCUT2D eigenvalue weighted by atomic mass is 79.9. The number of fused-ring (bicyclic) bond motifs is 1. The highest BCUT2D eigenvalue weighted by Gasteiger charge is 2.33. The van der Waals surface area contributed by atoms with Crippen LogP contribution in [-0.4, -0.2) is 22.2 Å². The lowest BCUT2D eigenvalue weighted by atomic mass is 10.1. The molecule has 0 aliphatic carbocycles. The maximum atomic E-state index is 11.2. The van der Waals surface area contributed by atoms with Crippen molar-refractivity contribution in [3.05, 3.63) is 33.9 Å². The number of amides is 1. The summed E-state index contributed by atoms with van der Waals surface area (Å²) < 4.78 is 13.1. The number of aromatic nitrogens is 2. The number of primary amides is 1. The van der Waals surface area contributed by atoms with Crippen LogP contribution in [0, 0.1) is 0 Å².